The summed E-state index contributed by atoms with van der Waals surface area (Å²) in [6.07, 6.45) is 7.83. The first-order valence-electron chi connectivity index (χ1n) is 8.50. The molecule has 3 rings (SSSR count). The molecular formula is C16H29N3O. The normalized spacial score (nSPS) is 35.6. The molecule has 0 radical (unpaired) electrons. The molecule has 0 spiro atoms. The number of piperazine rings is 1. The standard InChI is InChI=1S/C16H29N3O/c1-13-11-17-8-10-18(13)12-16(20)19-9-4-6-14-5-2-3-7-15(14)19/h13-15,17H,2-12H2,1H3/t13-,14?,15?/m1/s1. The van der Waals surface area contributed by atoms with Crippen LogP contribution in [0.4, 0.5) is 0 Å². The van der Waals surface area contributed by atoms with Gasteiger partial charge in [0.1, 0.15) is 0 Å². The minimum Gasteiger partial charge on any atom is -0.338 e. The second-order valence-electron chi connectivity index (χ2n) is 6.86. The Hall–Kier alpha value is -0.610. The van der Waals surface area contributed by atoms with Gasteiger partial charge in [-0.25, -0.2) is 0 Å². The summed E-state index contributed by atoms with van der Waals surface area (Å²) in [6, 6.07) is 1.04. The van der Waals surface area contributed by atoms with Gasteiger partial charge >= 0.3 is 0 Å². The van der Waals surface area contributed by atoms with Gasteiger partial charge in [-0.05, 0) is 38.5 Å². The summed E-state index contributed by atoms with van der Waals surface area (Å²) < 4.78 is 0. The monoisotopic (exact) mass is 279 g/mol. The number of nitrogens with zero attached hydrogens (tertiary/aromatic N) is 2. The zero-order chi connectivity index (χ0) is 13.9. The first-order valence-corrected chi connectivity index (χ1v) is 8.50. The molecule has 2 heterocycles. The Morgan fingerprint density at radius 2 is 1.95 bits per heavy atom. The summed E-state index contributed by atoms with van der Waals surface area (Å²) >= 11 is 0. The Morgan fingerprint density at radius 1 is 1.15 bits per heavy atom. The van der Waals surface area contributed by atoms with E-state index in [-0.39, 0.29) is 0 Å². The molecule has 2 aliphatic heterocycles. The number of hydrogen-bond acceptors (Lipinski definition) is 3. The number of likely N-dealkylation sites (tertiary alicyclic amines) is 1. The second-order valence-corrected chi connectivity index (χ2v) is 6.86. The van der Waals surface area contributed by atoms with Crippen LogP contribution in [0.3, 0.4) is 0 Å². The Labute approximate surface area is 122 Å². The lowest BCUT2D eigenvalue weighted by atomic mass is 9.78. The van der Waals surface area contributed by atoms with Crippen LogP contribution in [-0.2, 0) is 4.79 Å². The number of amides is 1. The minimum atomic E-state index is 0.385. The molecule has 1 saturated carbocycles. The Kier molecular flexibility index (Phi) is 4.61. The third-order valence-electron chi connectivity index (χ3n) is 5.54. The molecule has 1 amide bonds. The Balaban J connectivity index is 1.60. The van der Waals surface area contributed by atoms with Crippen molar-refractivity contribution < 1.29 is 4.79 Å². The summed E-state index contributed by atoms with van der Waals surface area (Å²) in [5, 5.41) is 3.40. The molecule has 20 heavy (non-hydrogen) atoms. The average Bonchev–Trinajstić information content (AvgIpc) is 2.49. The predicted molar refractivity (Wildman–Crippen MR) is 80.6 cm³/mol. The van der Waals surface area contributed by atoms with Crippen molar-refractivity contribution in [3.05, 3.63) is 0 Å². The first-order chi connectivity index (χ1) is 9.75. The molecule has 4 nitrogen and oxygen atoms in total. The Bertz CT molecular complexity index is 345. The van der Waals surface area contributed by atoms with E-state index >= 15 is 0 Å². The van der Waals surface area contributed by atoms with Crippen LogP contribution in [0.1, 0.15) is 45.4 Å². The van der Waals surface area contributed by atoms with Crippen molar-refractivity contribution in [2.45, 2.75) is 57.5 Å². The summed E-state index contributed by atoms with van der Waals surface area (Å²) in [5.74, 6) is 1.18. The number of carbonyl (C=O) groups is 1. The van der Waals surface area contributed by atoms with E-state index in [9.17, 15) is 4.79 Å². The van der Waals surface area contributed by atoms with Crippen LogP contribution in [0.5, 0.6) is 0 Å². The predicted octanol–water partition coefficient (Wildman–Crippen LogP) is 1.46. The van der Waals surface area contributed by atoms with E-state index in [2.05, 4.69) is 22.0 Å². The zero-order valence-electron chi connectivity index (χ0n) is 12.8. The summed E-state index contributed by atoms with van der Waals surface area (Å²) in [6.45, 7) is 6.89. The highest BCUT2D eigenvalue weighted by molar-refractivity contribution is 5.78. The summed E-state index contributed by atoms with van der Waals surface area (Å²) in [7, 11) is 0. The molecule has 2 saturated heterocycles. The van der Waals surface area contributed by atoms with Gasteiger partial charge in [-0.3, -0.25) is 9.69 Å². The molecule has 0 aromatic rings. The average molecular weight is 279 g/mol. The molecule has 1 N–H and O–H groups in total. The number of piperidine rings is 1. The van der Waals surface area contributed by atoms with Crippen LogP contribution in [0.15, 0.2) is 0 Å². The molecule has 114 valence electrons. The fraction of sp³-hybridized carbons (Fsp3) is 0.938. The summed E-state index contributed by atoms with van der Waals surface area (Å²) in [5.41, 5.74) is 0. The number of hydrogen-bond donors (Lipinski definition) is 1. The highest BCUT2D eigenvalue weighted by Gasteiger charge is 2.36. The molecule has 3 fully saturated rings. The third-order valence-corrected chi connectivity index (χ3v) is 5.54. The topological polar surface area (TPSA) is 35.6 Å². The largest absolute Gasteiger partial charge is 0.338 e. The van der Waals surface area contributed by atoms with Crippen LogP contribution < -0.4 is 5.32 Å². The van der Waals surface area contributed by atoms with Crippen molar-refractivity contribution >= 4 is 5.91 Å². The molecule has 2 unspecified atom stereocenters. The van der Waals surface area contributed by atoms with Gasteiger partial charge < -0.3 is 10.2 Å². The van der Waals surface area contributed by atoms with Crippen molar-refractivity contribution in [3.63, 3.8) is 0 Å². The van der Waals surface area contributed by atoms with Crippen molar-refractivity contribution in [1.82, 2.24) is 15.1 Å². The number of rotatable bonds is 2. The zero-order valence-corrected chi connectivity index (χ0v) is 12.8. The van der Waals surface area contributed by atoms with Gasteiger partial charge in [0.05, 0.1) is 6.54 Å². The quantitative estimate of drug-likeness (QED) is 0.831. The molecule has 0 aromatic heterocycles. The minimum absolute atomic E-state index is 0.385. The molecule has 0 bridgehead atoms. The van der Waals surface area contributed by atoms with Gasteiger partial charge in [-0.1, -0.05) is 12.8 Å². The summed E-state index contributed by atoms with van der Waals surface area (Å²) in [4.78, 5) is 17.3. The lowest BCUT2D eigenvalue weighted by molar-refractivity contribution is -0.139. The molecule has 1 aliphatic carbocycles. The molecule has 0 aromatic carbocycles. The van der Waals surface area contributed by atoms with Gasteiger partial charge in [0.25, 0.3) is 0 Å². The SMILES string of the molecule is C[C@@H]1CNCCN1CC(=O)N1CCCC2CCCCC21. The van der Waals surface area contributed by atoms with Crippen molar-refractivity contribution in [3.8, 4) is 0 Å². The van der Waals surface area contributed by atoms with Crippen molar-refractivity contribution in [2.24, 2.45) is 5.92 Å². The van der Waals surface area contributed by atoms with Gasteiger partial charge in [0.15, 0.2) is 0 Å². The maximum atomic E-state index is 12.7. The third kappa shape index (κ3) is 3.01. The van der Waals surface area contributed by atoms with E-state index in [1.165, 1.54) is 38.5 Å². The van der Waals surface area contributed by atoms with Crippen LogP contribution in [0.25, 0.3) is 0 Å². The van der Waals surface area contributed by atoms with E-state index < -0.39 is 0 Å². The fourth-order valence-corrected chi connectivity index (χ4v) is 4.32. The van der Waals surface area contributed by atoms with Crippen molar-refractivity contribution in [2.75, 3.05) is 32.7 Å². The van der Waals surface area contributed by atoms with E-state index in [1.54, 1.807) is 0 Å². The Morgan fingerprint density at radius 3 is 2.80 bits per heavy atom. The number of nitrogens with one attached hydrogen (secondary N) is 1. The first kappa shape index (κ1) is 14.3. The van der Waals surface area contributed by atoms with Gasteiger partial charge in [-0.15, -0.1) is 0 Å². The molecular weight excluding hydrogens is 250 g/mol. The van der Waals surface area contributed by atoms with Crippen LogP contribution >= 0.6 is 0 Å². The van der Waals surface area contributed by atoms with E-state index in [0.717, 1.165) is 32.1 Å². The van der Waals surface area contributed by atoms with Gasteiger partial charge in [0, 0.05) is 38.3 Å². The van der Waals surface area contributed by atoms with E-state index in [1.807, 2.05) is 0 Å². The highest BCUT2D eigenvalue weighted by Crippen LogP contribution is 2.35. The van der Waals surface area contributed by atoms with Crippen LogP contribution in [0, 0.1) is 5.92 Å². The van der Waals surface area contributed by atoms with E-state index in [4.69, 9.17) is 0 Å². The van der Waals surface area contributed by atoms with Crippen LogP contribution in [0.2, 0.25) is 0 Å². The smallest absolute Gasteiger partial charge is 0.237 e. The number of fused-ring (bicyclic) bond motifs is 1. The lowest BCUT2D eigenvalue weighted by Crippen LogP contribution is -2.56. The maximum Gasteiger partial charge on any atom is 0.237 e. The van der Waals surface area contributed by atoms with Crippen LogP contribution in [-0.4, -0.2) is 60.5 Å². The van der Waals surface area contributed by atoms with E-state index in [0.29, 0.717) is 24.5 Å². The fourth-order valence-electron chi connectivity index (χ4n) is 4.32. The van der Waals surface area contributed by atoms with Gasteiger partial charge in [0.2, 0.25) is 5.91 Å². The molecule has 3 aliphatic rings. The highest BCUT2D eigenvalue weighted by atomic mass is 16.2. The van der Waals surface area contributed by atoms with Crippen molar-refractivity contribution in [1.29, 1.82) is 0 Å². The molecule has 4 heteroatoms. The second kappa shape index (κ2) is 6.44. The van der Waals surface area contributed by atoms with Gasteiger partial charge in [-0.2, -0.15) is 0 Å². The lowest BCUT2D eigenvalue weighted by Gasteiger charge is -2.45. The molecule has 3 atom stereocenters. The maximum absolute atomic E-state index is 12.7. The number of carbonyl (C=O) groups excluding carboxylic acids is 1.